The number of amides is 1. The van der Waals surface area contributed by atoms with Crippen LogP contribution in [-0.4, -0.2) is 21.1 Å². The van der Waals surface area contributed by atoms with Crippen LogP contribution in [0.3, 0.4) is 0 Å². The molecule has 0 fully saturated rings. The van der Waals surface area contributed by atoms with Gasteiger partial charge in [-0.1, -0.05) is 11.6 Å². The van der Waals surface area contributed by atoms with E-state index in [0.717, 1.165) is 0 Å². The van der Waals surface area contributed by atoms with E-state index in [1.54, 1.807) is 13.8 Å². The molecule has 0 aliphatic rings. The van der Waals surface area contributed by atoms with Crippen molar-refractivity contribution in [1.29, 1.82) is 0 Å². The third-order valence-electron chi connectivity index (χ3n) is 2.09. The third kappa shape index (κ3) is 2.72. The summed E-state index contributed by atoms with van der Waals surface area (Å²) in [7, 11) is 0. The summed E-state index contributed by atoms with van der Waals surface area (Å²) >= 11 is 5.65. The summed E-state index contributed by atoms with van der Waals surface area (Å²) in [5.41, 5.74) is 4.48. The second-order valence-corrected chi connectivity index (χ2v) is 3.51. The quantitative estimate of drug-likeness (QED) is 0.434. The molecule has 0 bridgehead atoms. The topological polar surface area (TPSA) is 117 Å². The van der Waals surface area contributed by atoms with Crippen LogP contribution in [0.1, 0.15) is 11.3 Å². The van der Waals surface area contributed by atoms with Gasteiger partial charge in [0.2, 0.25) is 5.15 Å². The molecule has 0 unspecified atom stereocenters. The third-order valence-corrected chi connectivity index (χ3v) is 2.36. The molecule has 1 rings (SSSR count). The second kappa shape index (κ2) is 4.83. The van der Waals surface area contributed by atoms with Crippen LogP contribution < -0.4 is 10.9 Å². The Kier molecular flexibility index (Phi) is 3.69. The van der Waals surface area contributed by atoms with Gasteiger partial charge in [0.25, 0.3) is 0 Å². The number of hydrazine groups is 1. The normalized spacial score (nSPS) is 9.82. The van der Waals surface area contributed by atoms with Crippen LogP contribution in [0, 0.1) is 24.0 Å². The fraction of sp³-hybridized carbons (Fsp3) is 0.250. The lowest BCUT2D eigenvalue weighted by atomic mass is 10.2. The average molecular weight is 261 g/mol. The van der Waals surface area contributed by atoms with E-state index in [1.165, 1.54) is 0 Å². The van der Waals surface area contributed by atoms with Gasteiger partial charge in [-0.2, -0.15) is 0 Å². The van der Waals surface area contributed by atoms with Crippen LogP contribution in [0.2, 0.25) is 5.15 Å². The molecule has 0 saturated heterocycles. The van der Waals surface area contributed by atoms with Crippen LogP contribution in [0.5, 0.6) is 0 Å². The van der Waals surface area contributed by atoms with E-state index in [-0.39, 0.29) is 10.8 Å². The zero-order valence-electron chi connectivity index (χ0n) is 8.94. The molecule has 17 heavy (non-hydrogen) atoms. The Balaban J connectivity index is 3.32. The van der Waals surface area contributed by atoms with Crippen LogP contribution in [0.25, 0.3) is 0 Å². The largest absolute Gasteiger partial charge is 0.464 e. The van der Waals surface area contributed by atoms with Crippen molar-refractivity contribution in [2.24, 2.45) is 0 Å². The molecule has 9 heteroatoms. The maximum Gasteiger partial charge on any atom is 0.423 e. The number of nitro groups is 1. The maximum atomic E-state index is 10.8. The molecule has 8 nitrogen and oxygen atoms in total. The second-order valence-electron chi connectivity index (χ2n) is 3.15. The molecule has 3 N–H and O–H groups in total. The average Bonchev–Trinajstić information content (AvgIpc) is 2.20. The Morgan fingerprint density at radius 1 is 1.53 bits per heavy atom. The molecule has 1 amide bonds. The fourth-order valence-corrected chi connectivity index (χ4v) is 1.47. The van der Waals surface area contributed by atoms with Gasteiger partial charge in [-0.3, -0.25) is 15.5 Å². The Labute approximate surface area is 101 Å². The van der Waals surface area contributed by atoms with Crippen LogP contribution in [0.4, 0.5) is 16.2 Å². The molecule has 0 radical (unpaired) electrons. The van der Waals surface area contributed by atoms with Crippen molar-refractivity contribution < 1.29 is 14.8 Å². The highest BCUT2D eigenvalue weighted by Gasteiger charge is 2.24. The number of nitrogens with one attached hydrogen (secondary N) is 2. The molecule has 1 aromatic heterocycles. The van der Waals surface area contributed by atoms with E-state index >= 15 is 0 Å². The lowest BCUT2D eigenvalue weighted by molar-refractivity contribution is -0.384. The van der Waals surface area contributed by atoms with Crippen LogP contribution in [-0.2, 0) is 0 Å². The zero-order chi connectivity index (χ0) is 13.2. The van der Waals surface area contributed by atoms with Gasteiger partial charge in [-0.05, 0) is 13.8 Å². The lowest BCUT2D eigenvalue weighted by Crippen LogP contribution is -2.28. The highest BCUT2D eigenvalue weighted by Crippen LogP contribution is 2.34. The number of hydrogen-bond donors (Lipinski definition) is 3. The number of pyridine rings is 1. The first-order chi connectivity index (χ1) is 7.84. The van der Waals surface area contributed by atoms with Crippen molar-refractivity contribution in [3.05, 3.63) is 26.5 Å². The van der Waals surface area contributed by atoms with Crippen molar-refractivity contribution in [2.45, 2.75) is 13.8 Å². The number of hydrogen-bond acceptors (Lipinski definition) is 5. The minimum absolute atomic E-state index is 0.0186. The Bertz CT molecular complexity index is 491. The number of halogens is 1. The summed E-state index contributed by atoms with van der Waals surface area (Å²) in [6, 6.07) is 0. The zero-order valence-corrected chi connectivity index (χ0v) is 9.70. The van der Waals surface area contributed by atoms with Crippen molar-refractivity contribution in [3.63, 3.8) is 0 Å². The number of nitrogens with zero attached hydrogens (tertiary/aromatic N) is 2. The first kappa shape index (κ1) is 13.0. The first-order valence-electron chi connectivity index (χ1n) is 4.40. The molecule has 0 aliphatic heterocycles. The summed E-state index contributed by atoms with van der Waals surface area (Å²) < 4.78 is 0. The smallest absolute Gasteiger partial charge is 0.423 e. The van der Waals surface area contributed by atoms with E-state index in [0.29, 0.717) is 11.3 Å². The minimum Gasteiger partial charge on any atom is -0.464 e. The number of rotatable bonds is 3. The van der Waals surface area contributed by atoms with Gasteiger partial charge < -0.3 is 5.11 Å². The fourth-order valence-electron chi connectivity index (χ4n) is 1.18. The maximum absolute atomic E-state index is 10.8. The summed E-state index contributed by atoms with van der Waals surface area (Å²) in [6.07, 6.45) is -1.37. The molecule has 0 atom stereocenters. The predicted octanol–water partition coefficient (Wildman–Crippen LogP) is 1.85. The predicted molar refractivity (Wildman–Crippen MR) is 60.2 cm³/mol. The van der Waals surface area contributed by atoms with E-state index in [1.807, 2.05) is 5.43 Å². The van der Waals surface area contributed by atoms with Crippen molar-refractivity contribution >= 4 is 29.1 Å². The van der Waals surface area contributed by atoms with Gasteiger partial charge in [0.1, 0.15) is 5.69 Å². The summed E-state index contributed by atoms with van der Waals surface area (Å²) in [5, 5.41) is 19.0. The Hall–Kier alpha value is -2.09. The summed E-state index contributed by atoms with van der Waals surface area (Å²) in [6.45, 7) is 3.18. The van der Waals surface area contributed by atoms with Gasteiger partial charge in [-0.15, -0.1) is 0 Å². The van der Waals surface area contributed by atoms with Gasteiger partial charge in [0.15, 0.2) is 0 Å². The van der Waals surface area contributed by atoms with E-state index in [2.05, 4.69) is 10.4 Å². The van der Waals surface area contributed by atoms with Gasteiger partial charge in [-0.25, -0.2) is 15.2 Å². The Morgan fingerprint density at radius 3 is 2.59 bits per heavy atom. The molecule has 92 valence electrons. The van der Waals surface area contributed by atoms with Gasteiger partial charge >= 0.3 is 11.8 Å². The summed E-state index contributed by atoms with van der Waals surface area (Å²) in [5.74, 6) is 0. The molecule has 0 aliphatic carbocycles. The number of aromatic nitrogens is 1. The van der Waals surface area contributed by atoms with Crippen LogP contribution >= 0.6 is 11.6 Å². The van der Waals surface area contributed by atoms with Gasteiger partial charge in [0.05, 0.1) is 4.92 Å². The van der Waals surface area contributed by atoms with Crippen molar-refractivity contribution in [2.75, 3.05) is 5.43 Å². The number of carbonyl (C=O) groups is 1. The number of anilines is 1. The molecular formula is C8H9ClN4O4. The van der Waals surface area contributed by atoms with Gasteiger partial charge in [0, 0.05) is 11.3 Å². The van der Waals surface area contributed by atoms with E-state index in [4.69, 9.17) is 16.7 Å². The van der Waals surface area contributed by atoms with Crippen molar-refractivity contribution in [1.82, 2.24) is 10.4 Å². The minimum atomic E-state index is -1.37. The number of carboxylic acid groups (broad SMARTS) is 1. The van der Waals surface area contributed by atoms with E-state index in [9.17, 15) is 14.9 Å². The molecule has 1 heterocycles. The Morgan fingerprint density at radius 2 is 2.12 bits per heavy atom. The van der Waals surface area contributed by atoms with Crippen LogP contribution in [0.15, 0.2) is 0 Å². The molecular weight excluding hydrogens is 252 g/mol. The highest BCUT2D eigenvalue weighted by molar-refractivity contribution is 6.32. The monoisotopic (exact) mass is 260 g/mol. The molecule has 0 spiro atoms. The van der Waals surface area contributed by atoms with E-state index < -0.39 is 16.7 Å². The molecule has 1 aromatic rings. The van der Waals surface area contributed by atoms with Crippen molar-refractivity contribution in [3.8, 4) is 0 Å². The molecule has 0 aromatic carbocycles. The lowest BCUT2D eigenvalue weighted by Gasteiger charge is -2.11. The SMILES string of the molecule is Cc1nc(Cl)c([N+](=O)[O-])c(NNC(=O)O)c1C. The standard InChI is InChI=1S/C8H9ClN4O4/c1-3-4(2)10-7(9)6(13(16)17)5(3)11-12-8(14)15/h12H,1-2H3,(H,10,11)(H,14,15). The number of aryl methyl sites for hydroxylation is 1. The first-order valence-corrected chi connectivity index (χ1v) is 4.78. The summed E-state index contributed by atoms with van der Waals surface area (Å²) in [4.78, 5) is 24.2. The molecule has 0 saturated carbocycles. The highest BCUT2D eigenvalue weighted by atomic mass is 35.5.